The van der Waals surface area contributed by atoms with Crippen LogP contribution in [0.25, 0.3) is 16.6 Å². The normalized spacial score (nSPS) is 16.0. The molecule has 0 atom stereocenters. The van der Waals surface area contributed by atoms with Gasteiger partial charge in [-0.3, -0.25) is 0 Å². The Hall–Kier alpha value is -2.21. The SMILES string of the molecule is CCc1nc2c3ccccc3nc(N3CCOCC3)n2n1. The van der Waals surface area contributed by atoms with Crippen LogP contribution in [0.5, 0.6) is 0 Å². The molecule has 0 saturated carbocycles. The van der Waals surface area contributed by atoms with E-state index < -0.39 is 0 Å². The molecule has 0 bridgehead atoms. The summed E-state index contributed by atoms with van der Waals surface area (Å²) in [6.45, 7) is 5.19. The minimum Gasteiger partial charge on any atom is -0.378 e. The Kier molecular flexibility index (Phi) is 2.96. The third-order valence-corrected chi connectivity index (χ3v) is 3.82. The van der Waals surface area contributed by atoms with Crippen LogP contribution < -0.4 is 4.90 Å². The molecule has 1 saturated heterocycles. The van der Waals surface area contributed by atoms with Crippen LogP contribution in [0.1, 0.15) is 12.7 Å². The van der Waals surface area contributed by atoms with Gasteiger partial charge in [0.25, 0.3) is 0 Å². The predicted octanol–water partition coefficient (Wildman–Crippen LogP) is 1.68. The highest BCUT2D eigenvalue weighted by Gasteiger charge is 2.19. The third-order valence-electron chi connectivity index (χ3n) is 3.82. The molecule has 0 amide bonds. The van der Waals surface area contributed by atoms with Crippen molar-refractivity contribution in [3.8, 4) is 0 Å². The zero-order valence-corrected chi connectivity index (χ0v) is 12.0. The van der Waals surface area contributed by atoms with Crippen LogP contribution >= 0.6 is 0 Å². The van der Waals surface area contributed by atoms with E-state index in [9.17, 15) is 0 Å². The lowest BCUT2D eigenvalue weighted by molar-refractivity contribution is 0.122. The number of anilines is 1. The van der Waals surface area contributed by atoms with E-state index in [0.29, 0.717) is 0 Å². The van der Waals surface area contributed by atoms with Gasteiger partial charge in [0.2, 0.25) is 5.95 Å². The molecule has 0 spiro atoms. The Bertz CT molecular complexity index is 791. The van der Waals surface area contributed by atoms with Gasteiger partial charge in [0.1, 0.15) is 0 Å². The Balaban J connectivity index is 2.00. The fourth-order valence-corrected chi connectivity index (χ4v) is 2.70. The van der Waals surface area contributed by atoms with E-state index in [2.05, 4.69) is 28.0 Å². The van der Waals surface area contributed by atoms with Gasteiger partial charge in [-0.15, -0.1) is 5.10 Å². The number of para-hydroxylation sites is 1. The minimum atomic E-state index is 0.728. The maximum atomic E-state index is 5.43. The number of aromatic nitrogens is 4. The molecule has 4 rings (SSSR count). The van der Waals surface area contributed by atoms with Crippen LogP contribution in [0.2, 0.25) is 0 Å². The molecule has 0 N–H and O–H groups in total. The third kappa shape index (κ3) is 2.03. The summed E-state index contributed by atoms with van der Waals surface area (Å²) in [5, 5.41) is 5.66. The van der Waals surface area contributed by atoms with Gasteiger partial charge in [0, 0.05) is 24.9 Å². The second-order valence-corrected chi connectivity index (χ2v) is 5.15. The quantitative estimate of drug-likeness (QED) is 0.716. The van der Waals surface area contributed by atoms with Gasteiger partial charge >= 0.3 is 0 Å². The van der Waals surface area contributed by atoms with Crippen molar-refractivity contribution in [1.82, 2.24) is 19.6 Å². The first-order chi connectivity index (χ1) is 10.4. The van der Waals surface area contributed by atoms with Crippen LogP contribution in [0.15, 0.2) is 24.3 Å². The van der Waals surface area contributed by atoms with Gasteiger partial charge in [-0.25, -0.2) is 9.97 Å². The number of ether oxygens (including phenoxy) is 1. The van der Waals surface area contributed by atoms with Crippen molar-refractivity contribution in [2.45, 2.75) is 13.3 Å². The molecule has 0 aliphatic carbocycles. The fourth-order valence-electron chi connectivity index (χ4n) is 2.70. The number of hydrogen-bond donors (Lipinski definition) is 0. The van der Waals surface area contributed by atoms with Crippen LogP contribution in [0, 0.1) is 0 Å². The number of rotatable bonds is 2. The fraction of sp³-hybridized carbons (Fsp3) is 0.400. The van der Waals surface area contributed by atoms with Gasteiger partial charge in [0.15, 0.2) is 11.5 Å². The molecular weight excluding hydrogens is 266 g/mol. The molecule has 3 heterocycles. The molecule has 6 heteroatoms. The summed E-state index contributed by atoms with van der Waals surface area (Å²) in [4.78, 5) is 11.7. The van der Waals surface area contributed by atoms with Crippen LogP contribution in [0.4, 0.5) is 5.95 Å². The van der Waals surface area contributed by atoms with Crippen molar-refractivity contribution in [2.24, 2.45) is 0 Å². The second kappa shape index (κ2) is 4.96. The van der Waals surface area contributed by atoms with E-state index in [-0.39, 0.29) is 0 Å². The van der Waals surface area contributed by atoms with Gasteiger partial charge < -0.3 is 9.64 Å². The number of benzene rings is 1. The van der Waals surface area contributed by atoms with E-state index in [1.165, 1.54) is 0 Å². The molecule has 0 unspecified atom stereocenters. The molecule has 6 nitrogen and oxygen atoms in total. The van der Waals surface area contributed by atoms with Gasteiger partial charge in [-0.1, -0.05) is 19.1 Å². The van der Waals surface area contributed by atoms with E-state index in [1.54, 1.807) is 0 Å². The van der Waals surface area contributed by atoms with Gasteiger partial charge in [-0.2, -0.15) is 4.52 Å². The summed E-state index contributed by atoms with van der Waals surface area (Å²) >= 11 is 0. The summed E-state index contributed by atoms with van der Waals surface area (Å²) in [7, 11) is 0. The van der Waals surface area contributed by atoms with E-state index in [0.717, 1.165) is 61.0 Å². The first-order valence-electron chi connectivity index (χ1n) is 7.34. The monoisotopic (exact) mass is 283 g/mol. The Morgan fingerprint density at radius 2 is 1.95 bits per heavy atom. The van der Waals surface area contributed by atoms with E-state index >= 15 is 0 Å². The molecule has 3 aromatic rings. The number of fused-ring (bicyclic) bond motifs is 3. The molecule has 1 aromatic carbocycles. The summed E-state index contributed by atoms with van der Waals surface area (Å²) in [6, 6.07) is 8.10. The average molecular weight is 283 g/mol. The zero-order chi connectivity index (χ0) is 14.2. The number of morpholine rings is 1. The van der Waals surface area contributed by atoms with Crippen molar-refractivity contribution in [2.75, 3.05) is 31.2 Å². The average Bonchev–Trinajstić information content (AvgIpc) is 2.99. The summed E-state index contributed by atoms with van der Waals surface area (Å²) in [5.74, 6) is 1.71. The highest BCUT2D eigenvalue weighted by atomic mass is 16.5. The molecule has 2 aromatic heterocycles. The summed E-state index contributed by atoms with van der Waals surface area (Å²) in [5.41, 5.74) is 1.85. The van der Waals surface area contributed by atoms with Crippen LogP contribution in [-0.4, -0.2) is 45.9 Å². The maximum absolute atomic E-state index is 5.43. The lowest BCUT2D eigenvalue weighted by Gasteiger charge is -2.27. The van der Waals surface area contributed by atoms with E-state index in [1.807, 2.05) is 22.7 Å². The number of aryl methyl sites for hydroxylation is 1. The largest absolute Gasteiger partial charge is 0.378 e. The number of hydrogen-bond acceptors (Lipinski definition) is 5. The van der Waals surface area contributed by atoms with Crippen LogP contribution in [-0.2, 0) is 11.2 Å². The van der Waals surface area contributed by atoms with Crippen molar-refractivity contribution < 1.29 is 4.74 Å². The highest BCUT2D eigenvalue weighted by molar-refractivity contribution is 5.92. The standard InChI is InChI=1S/C15H17N5O/c1-2-13-17-14-11-5-3-4-6-12(11)16-15(20(14)18-13)19-7-9-21-10-8-19/h3-6H,2,7-10H2,1H3. The summed E-state index contributed by atoms with van der Waals surface area (Å²) < 4.78 is 7.31. The Labute approximate surface area is 122 Å². The minimum absolute atomic E-state index is 0.728. The molecule has 1 aliphatic rings. The molecule has 1 fully saturated rings. The topological polar surface area (TPSA) is 55.5 Å². The Morgan fingerprint density at radius 1 is 1.14 bits per heavy atom. The van der Waals surface area contributed by atoms with Gasteiger partial charge in [0.05, 0.1) is 18.7 Å². The first kappa shape index (κ1) is 12.5. The van der Waals surface area contributed by atoms with Gasteiger partial charge in [-0.05, 0) is 12.1 Å². The molecule has 1 aliphatic heterocycles. The smallest absolute Gasteiger partial charge is 0.229 e. The first-order valence-corrected chi connectivity index (χ1v) is 7.34. The molecular formula is C15H17N5O. The van der Waals surface area contributed by atoms with Crippen molar-refractivity contribution in [3.05, 3.63) is 30.1 Å². The predicted molar refractivity (Wildman–Crippen MR) is 80.7 cm³/mol. The maximum Gasteiger partial charge on any atom is 0.229 e. The Morgan fingerprint density at radius 3 is 2.76 bits per heavy atom. The molecule has 0 radical (unpaired) electrons. The van der Waals surface area contributed by atoms with E-state index in [4.69, 9.17) is 9.72 Å². The van der Waals surface area contributed by atoms with Crippen molar-refractivity contribution >= 4 is 22.5 Å². The highest BCUT2D eigenvalue weighted by Crippen LogP contribution is 2.23. The lowest BCUT2D eigenvalue weighted by Crippen LogP contribution is -2.38. The van der Waals surface area contributed by atoms with Crippen molar-refractivity contribution in [1.29, 1.82) is 0 Å². The molecule has 21 heavy (non-hydrogen) atoms. The van der Waals surface area contributed by atoms with Crippen molar-refractivity contribution in [3.63, 3.8) is 0 Å². The summed E-state index contributed by atoms with van der Waals surface area (Å²) in [6.07, 6.45) is 0.818. The zero-order valence-electron chi connectivity index (χ0n) is 12.0. The lowest BCUT2D eigenvalue weighted by atomic mass is 10.2. The second-order valence-electron chi connectivity index (χ2n) is 5.15. The van der Waals surface area contributed by atoms with Crippen LogP contribution in [0.3, 0.4) is 0 Å². The molecule has 108 valence electrons. The number of nitrogens with zero attached hydrogens (tertiary/aromatic N) is 5.